The van der Waals surface area contributed by atoms with Gasteiger partial charge >= 0.3 is 5.97 Å². The highest BCUT2D eigenvalue weighted by Gasteiger charge is 2.24. The van der Waals surface area contributed by atoms with Gasteiger partial charge in [0.25, 0.3) is 5.91 Å². The molecule has 1 saturated heterocycles. The number of piperazine rings is 1. The summed E-state index contributed by atoms with van der Waals surface area (Å²) in [7, 11) is 2.95. The summed E-state index contributed by atoms with van der Waals surface area (Å²) in [6.45, 7) is 6.58. The van der Waals surface area contributed by atoms with Crippen molar-refractivity contribution >= 4 is 17.6 Å². The summed E-state index contributed by atoms with van der Waals surface area (Å²) in [4.78, 5) is 29.0. The molecule has 3 rings (SSSR count). The Labute approximate surface area is 177 Å². The van der Waals surface area contributed by atoms with Gasteiger partial charge in [0.05, 0.1) is 14.2 Å². The second kappa shape index (κ2) is 9.52. The van der Waals surface area contributed by atoms with Crippen LogP contribution >= 0.6 is 0 Å². The van der Waals surface area contributed by atoms with Crippen LogP contribution in [0.4, 0.5) is 5.69 Å². The van der Waals surface area contributed by atoms with Gasteiger partial charge in [-0.3, -0.25) is 4.79 Å². The minimum Gasteiger partial charge on any atom is -0.493 e. The number of hydrogen-bond acceptors (Lipinski definition) is 6. The first-order valence-electron chi connectivity index (χ1n) is 9.93. The van der Waals surface area contributed by atoms with Gasteiger partial charge in [0.15, 0.2) is 18.1 Å². The summed E-state index contributed by atoms with van der Waals surface area (Å²) in [6, 6.07) is 11.2. The van der Waals surface area contributed by atoms with E-state index in [1.54, 1.807) is 23.1 Å². The molecule has 1 aliphatic heterocycles. The molecule has 0 saturated carbocycles. The Hall–Kier alpha value is -3.22. The monoisotopic (exact) mass is 412 g/mol. The number of carbonyl (C=O) groups excluding carboxylic acids is 2. The fourth-order valence-corrected chi connectivity index (χ4v) is 3.62. The molecule has 7 nitrogen and oxygen atoms in total. The van der Waals surface area contributed by atoms with Crippen LogP contribution in [0.1, 0.15) is 21.5 Å². The van der Waals surface area contributed by atoms with E-state index in [9.17, 15) is 9.59 Å². The summed E-state index contributed by atoms with van der Waals surface area (Å²) in [6.07, 6.45) is 0. The minimum atomic E-state index is -0.617. The molecule has 0 bridgehead atoms. The van der Waals surface area contributed by atoms with Crippen molar-refractivity contribution in [2.45, 2.75) is 13.8 Å². The number of carbonyl (C=O) groups is 2. The molecule has 160 valence electrons. The van der Waals surface area contributed by atoms with Crippen molar-refractivity contribution < 1.29 is 23.8 Å². The van der Waals surface area contributed by atoms with Crippen molar-refractivity contribution in [2.24, 2.45) is 0 Å². The maximum Gasteiger partial charge on any atom is 0.342 e. The van der Waals surface area contributed by atoms with Gasteiger partial charge in [-0.15, -0.1) is 0 Å². The van der Waals surface area contributed by atoms with Crippen LogP contribution in [0.25, 0.3) is 0 Å². The summed E-state index contributed by atoms with van der Waals surface area (Å²) in [5.74, 6) is -0.0978. The molecule has 0 N–H and O–H groups in total. The van der Waals surface area contributed by atoms with E-state index >= 15 is 0 Å². The lowest BCUT2D eigenvalue weighted by molar-refractivity contribution is -0.134. The van der Waals surface area contributed by atoms with E-state index in [-0.39, 0.29) is 18.1 Å². The molecular formula is C23H28N2O5. The lowest BCUT2D eigenvalue weighted by Gasteiger charge is -2.37. The van der Waals surface area contributed by atoms with Crippen molar-refractivity contribution in [1.29, 1.82) is 0 Å². The molecule has 1 heterocycles. The Morgan fingerprint density at radius 2 is 1.63 bits per heavy atom. The topological polar surface area (TPSA) is 68.3 Å². The first-order chi connectivity index (χ1) is 14.5. The van der Waals surface area contributed by atoms with Crippen LogP contribution in [-0.4, -0.2) is 63.8 Å². The van der Waals surface area contributed by atoms with Crippen LogP contribution in [0.2, 0.25) is 0 Å². The van der Waals surface area contributed by atoms with Crippen LogP contribution in [0.3, 0.4) is 0 Å². The zero-order chi connectivity index (χ0) is 21.7. The fourth-order valence-electron chi connectivity index (χ4n) is 3.62. The number of benzene rings is 2. The molecule has 0 aliphatic carbocycles. The average Bonchev–Trinajstić information content (AvgIpc) is 2.78. The normalized spacial score (nSPS) is 13.7. The molecule has 0 spiro atoms. The molecule has 1 amide bonds. The van der Waals surface area contributed by atoms with Gasteiger partial charge in [0, 0.05) is 31.9 Å². The van der Waals surface area contributed by atoms with E-state index in [0.717, 1.165) is 13.1 Å². The smallest absolute Gasteiger partial charge is 0.342 e. The quantitative estimate of drug-likeness (QED) is 0.680. The van der Waals surface area contributed by atoms with Crippen molar-refractivity contribution in [2.75, 3.05) is 51.9 Å². The van der Waals surface area contributed by atoms with E-state index in [1.165, 1.54) is 31.0 Å². The van der Waals surface area contributed by atoms with Crippen molar-refractivity contribution in [3.8, 4) is 11.5 Å². The standard InChI is InChI=1S/C23H28N2O5/c1-16-7-5-9-19(17(16)2)24-11-13-25(14-12-24)21(26)15-30-23(27)18-8-6-10-20(28-3)22(18)29-4/h5-10H,11-15H2,1-4H3. The number of hydrogen-bond donors (Lipinski definition) is 0. The highest BCUT2D eigenvalue weighted by Crippen LogP contribution is 2.31. The molecule has 2 aromatic carbocycles. The predicted molar refractivity (Wildman–Crippen MR) is 115 cm³/mol. The Kier molecular flexibility index (Phi) is 6.82. The van der Waals surface area contributed by atoms with Gasteiger partial charge in [-0.2, -0.15) is 0 Å². The molecule has 0 unspecified atom stereocenters. The van der Waals surface area contributed by atoms with Crippen LogP contribution < -0.4 is 14.4 Å². The van der Waals surface area contributed by atoms with Gasteiger partial charge < -0.3 is 24.0 Å². The van der Waals surface area contributed by atoms with Crippen molar-refractivity contribution in [3.63, 3.8) is 0 Å². The van der Waals surface area contributed by atoms with E-state index in [1.807, 2.05) is 0 Å². The number of esters is 1. The van der Waals surface area contributed by atoms with Crippen LogP contribution in [0.5, 0.6) is 11.5 Å². The third kappa shape index (κ3) is 4.50. The number of ether oxygens (including phenoxy) is 3. The molecule has 0 atom stereocenters. The van der Waals surface area contributed by atoms with Crippen LogP contribution in [0.15, 0.2) is 36.4 Å². The van der Waals surface area contributed by atoms with Gasteiger partial charge in [0.2, 0.25) is 0 Å². The molecular weight excluding hydrogens is 384 g/mol. The molecule has 30 heavy (non-hydrogen) atoms. The molecule has 7 heteroatoms. The highest BCUT2D eigenvalue weighted by atomic mass is 16.5. The first kappa shape index (κ1) is 21.5. The second-order valence-electron chi connectivity index (χ2n) is 7.20. The zero-order valence-electron chi connectivity index (χ0n) is 17.9. The number of anilines is 1. The van der Waals surface area contributed by atoms with Gasteiger partial charge in [-0.25, -0.2) is 4.79 Å². The number of rotatable bonds is 6. The minimum absolute atomic E-state index is 0.203. The lowest BCUT2D eigenvalue weighted by Crippen LogP contribution is -2.50. The summed E-state index contributed by atoms with van der Waals surface area (Å²) in [5.41, 5.74) is 3.95. The van der Waals surface area contributed by atoms with Gasteiger partial charge in [0.1, 0.15) is 5.56 Å². The SMILES string of the molecule is COc1cccc(C(=O)OCC(=O)N2CCN(c3cccc(C)c3C)CC2)c1OC. The molecule has 1 aliphatic rings. The Bertz CT molecular complexity index is 920. The summed E-state index contributed by atoms with van der Waals surface area (Å²) >= 11 is 0. The Morgan fingerprint density at radius 3 is 2.30 bits per heavy atom. The van der Waals surface area contributed by atoms with E-state index in [0.29, 0.717) is 24.6 Å². The molecule has 0 aromatic heterocycles. The van der Waals surface area contributed by atoms with Crippen molar-refractivity contribution in [1.82, 2.24) is 4.90 Å². The second-order valence-corrected chi connectivity index (χ2v) is 7.20. The largest absolute Gasteiger partial charge is 0.493 e. The maximum absolute atomic E-state index is 12.5. The number of aryl methyl sites for hydroxylation is 1. The number of nitrogens with zero attached hydrogens (tertiary/aromatic N) is 2. The summed E-state index contributed by atoms with van der Waals surface area (Å²) in [5, 5.41) is 0. The van der Waals surface area contributed by atoms with E-state index in [2.05, 4.69) is 36.9 Å². The Morgan fingerprint density at radius 1 is 0.933 bits per heavy atom. The molecule has 1 fully saturated rings. The first-order valence-corrected chi connectivity index (χ1v) is 9.93. The number of amides is 1. The van der Waals surface area contributed by atoms with E-state index in [4.69, 9.17) is 14.2 Å². The zero-order valence-corrected chi connectivity index (χ0v) is 17.9. The lowest BCUT2D eigenvalue weighted by atomic mass is 10.1. The number of methoxy groups -OCH3 is 2. The average molecular weight is 412 g/mol. The third-order valence-electron chi connectivity index (χ3n) is 5.50. The molecule has 2 aromatic rings. The van der Waals surface area contributed by atoms with Crippen LogP contribution in [0, 0.1) is 13.8 Å². The molecule has 0 radical (unpaired) electrons. The third-order valence-corrected chi connectivity index (χ3v) is 5.50. The number of para-hydroxylation sites is 1. The van der Waals surface area contributed by atoms with Gasteiger partial charge in [-0.1, -0.05) is 18.2 Å². The highest BCUT2D eigenvalue weighted by molar-refractivity contribution is 5.95. The Balaban J connectivity index is 1.55. The maximum atomic E-state index is 12.5. The van der Waals surface area contributed by atoms with Crippen LogP contribution in [-0.2, 0) is 9.53 Å². The van der Waals surface area contributed by atoms with Gasteiger partial charge in [-0.05, 0) is 43.2 Å². The predicted octanol–water partition coefficient (Wildman–Crippen LogP) is 2.83. The van der Waals surface area contributed by atoms with Crippen molar-refractivity contribution in [3.05, 3.63) is 53.1 Å². The fraction of sp³-hybridized carbons (Fsp3) is 0.391. The summed E-state index contributed by atoms with van der Waals surface area (Å²) < 4.78 is 15.7. The van der Waals surface area contributed by atoms with E-state index < -0.39 is 5.97 Å².